The van der Waals surface area contributed by atoms with Crippen LogP contribution in [0.25, 0.3) is 5.65 Å². The van der Waals surface area contributed by atoms with Gasteiger partial charge < -0.3 is 10.2 Å². The topological polar surface area (TPSA) is 75.4 Å². The van der Waals surface area contributed by atoms with Crippen LogP contribution < -0.4 is 10.8 Å². The molecule has 3 aromatic heterocycles. The van der Waals surface area contributed by atoms with Crippen LogP contribution in [0.4, 0.5) is 5.82 Å². The van der Waals surface area contributed by atoms with Gasteiger partial charge in [-0.2, -0.15) is 9.61 Å². The van der Waals surface area contributed by atoms with Crippen LogP contribution in [0.15, 0.2) is 66.0 Å². The van der Waals surface area contributed by atoms with E-state index in [4.69, 9.17) is 12.8 Å². The highest BCUT2D eigenvalue weighted by Gasteiger charge is 2.27. The molecule has 2 radical (unpaired) electrons. The average molecular weight is 468 g/mol. The number of carbonyl (C=O) groups excluding carboxylic acids is 1. The van der Waals surface area contributed by atoms with Gasteiger partial charge in [-0.15, -0.1) is 11.8 Å². The van der Waals surface area contributed by atoms with Crippen molar-refractivity contribution < 1.29 is 4.79 Å². The van der Waals surface area contributed by atoms with Crippen LogP contribution in [0.2, 0.25) is 0 Å². The number of hydrogen-bond donors (Lipinski definition) is 1. The van der Waals surface area contributed by atoms with Crippen LogP contribution in [-0.4, -0.2) is 57.6 Å². The molecule has 0 aliphatic carbocycles. The lowest BCUT2D eigenvalue weighted by Crippen LogP contribution is -2.38. The van der Waals surface area contributed by atoms with E-state index in [1.807, 2.05) is 53.8 Å². The predicted octanol–water partition coefficient (Wildman–Crippen LogP) is 3.27. The van der Waals surface area contributed by atoms with Crippen molar-refractivity contribution in [2.75, 3.05) is 24.7 Å². The van der Waals surface area contributed by atoms with Crippen molar-refractivity contribution in [1.82, 2.24) is 24.5 Å². The molecule has 4 heterocycles. The molecule has 0 spiro atoms. The number of aromatic nitrogens is 4. The number of pyridine rings is 1. The molecule has 1 N–H and O–H groups in total. The molecule has 0 unspecified atom stereocenters. The second kappa shape index (κ2) is 9.89. The summed E-state index contributed by atoms with van der Waals surface area (Å²) >= 11 is 1.60. The molecule has 1 aromatic carbocycles. The van der Waals surface area contributed by atoms with E-state index < -0.39 is 0 Å². The number of rotatable bonds is 6. The van der Waals surface area contributed by atoms with E-state index in [9.17, 15) is 4.79 Å². The fourth-order valence-corrected chi connectivity index (χ4v) is 4.99. The van der Waals surface area contributed by atoms with Crippen molar-refractivity contribution in [2.45, 2.75) is 30.2 Å². The number of benzene rings is 1. The van der Waals surface area contributed by atoms with Crippen LogP contribution in [0.3, 0.4) is 0 Å². The Labute approximate surface area is 204 Å². The Morgan fingerprint density at radius 2 is 2.00 bits per heavy atom. The van der Waals surface area contributed by atoms with Gasteiger partial charge in [-0.1, -0.05) is 18.2 Å². The number of piperidine rings is 1. The molecule has 1 aliphatic heterocycles. The molecule has 1 fully saturated rings. The normalized spacial score (nSPS) is 14.4. The Hall–Kier alpha value is -3.33. The van der Waals surface area contributed by atoms with Crippen LogP contribution in [-0.2, 0) is 6.54 Å². The third-order valence-electron chi connectivity index (χ3n) is 6.25. The molecule has 0 atom stereocenters. The molecule has 1 aliphatic rings. The monoisotopic (exact) mass is 468 g/mol. The lowest BCUT2D eigenvalue weighted by Gasteiger charge is -2.32. The summed E-state index contributed by atoms with van der Waals surface area (Å²) < 4.78 is 1.74. The summed E-state index contributed by atoms with van der Waals surface area (Å²) in [6, 6.07) is 13.8. The molecule has 5 rings (SSSR count). The molecule has 1 amide bonds. The standard InChI is InChI=1S/C25H25BN6OS/c1-34-22-7-3-2-6-19(22)25(33)31-11-8-18(9-12-31)21-13-23(28-15-17-5-4-10-27-14-17)32-24(30-21)20(26)16-29-32/h2-7,10,13-14,16,18,28H,8-9,11-12,15H2,1H3. The van der Waals surface area contributed by atoms with Crippen molar-refractivity contribution in [3.63, 3.8) is 0 Å². The Morgan fingerprint density at radius 3 is 2.76 bits per heavy atom. The van der Waals surface area contributed by atoms with E-state index in [0.29, 0.717) is 30.7 Å². The van der Waals surface area contributed by atoms with Crippen LogP contribution in [0.5, 0.6) is 0 Å². The van der Waals surface area contributed by atoms with Gasteiger partial charge in [-0.3, -0.25) is 9.78 Å². The van der Waals surface area contributed by atoms with Crippen molar-refractivity contribution in [1.29, 1.82) is 0 Å². The molecule has 4 aromatic rings. The fourth-order valence-electron chi connectivity index (χ4n) is 4.40. The van der Waals surface area contributed by atoms with E-state index in [0.717, 1.165) is 40.4 Å². The van der Waals surface area contributed by atoms with E-state index in [2.05, 4.69) is 21.5 Å². The highest BCUT2D eigenvalue weighted by Crippen LogP contribution is 2.30. The number of likely N-dealkylation sites (tertiary alicyclic amines) is 1. The number of fused-ring (bicyclic) bond motifs is 1. The molecular formula is C25H25BN6OS. The highest BCUT2D eigenvalue weighted by atomic mass is 32.2. The molecule has 1 saturated heterocycles. The smallest absolute Gasteiger partial charge is 0.254 e. The van der Waals surface area contributed by atoms with E-state index in [1.54, 1.807) is 28.7 Å². The third kappa shape index (κ3) is 4.52. The first-order valence-corrected chi connectivity index (χ1v) is 12.6. The van der Waals surface area contributed by atoms with Gasteiger partial charge in [0.15, 0.2) is 0 Å². The van der Waals surface area contributed by atoms with E-state index >= 15 is 0 Å². The Kier molecular flexibility index (Phi) is 6.53. The van der Waals surface area contributed by atoms with Crippen molar-refractivity contribution >= 4 is 42.4 Å². The van der Waals surface area contributed by atoms with Gasteiger partial charge in [-0.05, 0) is 48.3 Å². The zero-order valence-electron chi connectivity index (χ0n) is 19.0. The van der Waals surface area contributed by atoms with Gasteiger partial charge in [0.05, 0.1) is 5.56 Å². The van der Waals surface area contributed by atoms with Crippen LogP contribution in [0, 0.1) is 0 Å². The Bertz CT molecular complexity index is 1300. The number of amides is 1. The molecule has 170 valence electrons. The minimum absolute atomic E-state index is 0.102. The lowest BCUT2D eigenvalue weighted by atomic mass is 9.92. The second-order valence-electron chi connectivity index (χ2n) is 8.38. The van der Waals surface area contributed by atoms with Crippen molar-refractivity contribution in [3.8, 4) is 0 Å². The average Bonchev–Trinajstić information content (AvgIpc) is 3.28. The molecule has 0 bridgehead atoms. The van der Waals surface area contributed by atoms with Gasteiger partial charge in [0.1, 0.15) is 19.3 Å². The maximum absolute atomic E-state index is 13.1. The third-order valence-corrected chi connectivity index (χ3v) is 7.05. The summed E-state index contributed by atoms with van der Waals surface area (Å²) in [5.41, 5.74) is 4.03. The first kappa shape index (κ1) is 22.5. The number of nitrogens with zero attached hydrogens (tertiary/aromatic N) is 5. The molecule has 7 nitrogen and oxygen atoms in total. The number of carbonyl (C=O) groups is 1. The van der Waals surface area contributed by atoms with Gasteiger partial charge in [0.2, 0.25) is 0 Å². The summed E-state index contributed by atoms with van der Waals surface area (Å²) in [6.07, 6.45) is 8.94. The summed E-state index contributed by atoms with van der Waals surface area (Å²) in [4.78, 5) is 25.1. The van der Waals surface area contributed by atoms with Gasteiger partial charge in [-0.25, -0.2) is 4.98 Å². The first-order valence-electron chi connectivity index (χ1n) is 11.3. The number of hydrogen-bond acceptors (Lipinski definition) is 6. The zero-order valence-corrected chi connectivity index (χ0v) is 19.8. The summed E-state index contributed by atoms with van der Waals surface area (Å²) in [5.74, 6) is 1.19. The molecule has 0 saturated carbocycles. The molecular weight excluding hydrogens is 443 g/mol. The highest BCUT2D eigenvalue weighted by molar-refractivity contribution is 7.98. The predicted molar refractivity (Wildman–Crippen MR) is 136 cm³/mol. The van der Waals surface area contributed by atoms with Crippen molar-refractivity contribution in [2.24, 2.45) is 0 Å². The van der Waals surface area contributed by atoms with Gasteiger partial charge in [0, 0.05) is 60.8 Å². The van der Waals surface area contributed by atoms with Gasteiger partial charge in [0.25, 0.3) is 5.91 Å². The summed E-state index contributed by atoms with van der Waals surface area (Å²) in [7, 11) is 6.17. The number of anilines is 1. The van der Waals surface area contributed by atoms with Crippen molar-refractivity contribution in [3.05, 3.63) is 77.9 Å². The van der Waals surface area contributed by atoms with E-state index in [1.165, 1.54) is 0 Å². The molecule has 34 heavy (non-hydrogen) atoms. The minimum atomic E-state index is 0.102. The maximum Gasteiger partial charge on any atom is 0.254 e. The SMILES string of the molecule is [B]c1cnn2c(NCc3cccnc3)cc(C3CCN(C(=O)c4ccccc4SC)CC3)nc12. The first-order chi connectivity index (χ1) is 16.6. The van der Waals surface area contributed by atoms with Crippen LogP contribution >= 0.6 is 11.8 Å². The maximum atomic E-state index is 13.1. The second-order valence-corrected chi connectivity index (χ2v) is 9.23. The minimum Gasteiger partial charge on any atom is -0.366 e. The molecule has 9 heteroatoms. The Balaban J connectivity index is 1.33. The summed E-state index contributed by atoms with van der Waals surface area (Å²) in [6.45, 7) is 2.02. The zero-order chi connectivity index (χ0) is 23.5. The van der Waals surface area contributed by atoms with Crippen LogP contribution in [0.1, 0.15) is 40.4 Å². The number of thioether (sulfide) groups is 1. The Morgan fingerprint density at radius 1 is 1.18 bits per heavy atom. The fraction of sp³-hybridized carbons (Fsp3) is 0.280. The largest absolute Gasteiger partial charge is 0.366 e. The van der Waals surface area contributed by atoms with Gasteiger partial charge >= 0.3 is 0 Å². The summed E-state index contributed by atoms with van der Waals surface area (Å²) in [5, 5.41) is 7.85. The lowest BCUT2D eigenvalue weighted by molar-refractivity contribution is 0.0708. The van der Waals surface area contributed by atoms with E-state index in [-0.39, 0.29) is 11.8 Å². The quantitative estimate of drug-likeness (QED) is 0.346. The number of nitrogens with one attached hydrogen (secondary N) is 1.